The molecule has 1 saturated carbocycles. The standard InChI is InChI=1S/C16H24O2/c1-4-16(2)9-7-12(8-10-16)13-5-6-14(17)15(11-13)18-3/h5-6,11-12,17H,4,7-10H2,1-3H3. The van der Waals surface area contributed by atoms with E-state index in [1.807, 2.05) is 12.1 Å². The summed E-state index contributed by atoms with van der Waals surface area (Å²) >= 11 is 0. The third-order valence-electron chi connectivity index (χ3n) is 4.72. The maximum Gasteiger partial charge on any atom is 0.160 e. The van der Waals surface area contributed by atoms with Crippen LogP contribution in [0.2, 0.25) is 0 Å². The molecular weight excluding hydrogens is 224 g/mol. The van der Waals surface area contributed by atoms with Gasteiger partial charge in [0, 0.05) is 0 Å². The highest BCUT2D eigenvalue weighted by atomic mass is 16.5. The lowest BCUT2D eigenvalue weighted by molar-refractivity contribution is 0.191. The predicted octanol–water partition coefficient (Wildman–Crippen LogP) is 4.47. The van der Waals surface area contributed by atoms with Crippen LogP contribution in [0.5, 0.6) is 11.5 Å². The van der Waals surface area contributed by atoms with Gasteiger partial charge in [-0.15, -0.1) is 0 Å². The Hall–Kier alpha value is -1.18. The second-order valence-corrected chi connectivity index (χ2v) is 5.87. The molecule has 0 amide bonds. The molecule has 0 saturated heterocycles. The first-order chi connectivity index (χ1) is 8.58. The van der Waals surface area contributed by atoms with Gasteiger partial charge in [0.25, 0.3) is 0 Å². The summed E-state index contributed by atoms with van der Waals surface area (Å²) < 4.78 is 5.19. The number of hydrogen-bond acceptors (Lipinski definition) is 2. The van der Waals surface area contributed by atoms with Crippen molar-refractivity contribution in [2.45, 2.75) is 51.9 Å². The average molecular weight is 248 g/mol. The predicted molar refractivity (Wildman–Crippen MR) is 74.3 cm³/mol. The monoisotopic (exact) mass is 248 g/mol. The molecule has 2 heteroatoms. The van der Waals surface area contributed by atoms with Gasteiger partial charge < -0.3 is 9.84 Å². The molecule has 1 aliphatic carbocycles. The topological polar surface area (TPSA) is 29.5 Å². The van der Waals surface area contributed by atoms with Crippen LogP contribution in [0.4, 0.5) is 0 Å². The molecule has 1 aromatic rings. The Kier molecular flexibility index (Phi) is 3.84. The van der Waals surface area contributed by atoms with Crippen LogP contribution in [-0.4, -0.2) is 12.2 Å². The number of ether oxygens (including phenoxy) is 1. The molecule has 2 nitrogen and oxygen atoms in total. The van der Waals surface area contributed by atoms with E-state index >= 15 is 0 Å². The van der Waals surface area contributed by atoms with Crippen LogP contribution >= 0.6 is 0 Å². The van der Waals surface area contributed by atoms with E-state index in [9.17, 15) is 5.11 Å². The summed E-state index contributed by atoms with van der Waals surface area (Å²) in [6.07, 6.45) is 6.38. The van der Waals surface area contributed by atoms with Crippen LogP contribution in [-0.2, 0) is 0 Å². The van der Waals surface area contributed by atoms with Crippen molar-refractivity contribution in [3.8, 4) is 11.5 Å². The molecule has 0 radical (unpaired) electrons. The van der Waals surface area contributed by atoms with Gasteiger partial charge >= 0.3 is 0 Å². The number of phenols is 1. The molecule has 100 valence electrons. The highest BCUT2D eigenvalue weighted by molar-refractivity contribution is 5.42. The van der Waals surface area contributed by atoms with E-state index in [-0.39, 0.29) is 5.75 Å². The Morgan fingerprint density at radius 3 is 2.56 bits per heavy atom. The van der Waals surface area contributed by atoms with Crippen molar-refractivity contribution in [2.75, 3.05) is 7.11 Å². The zero-order valence-corrected chi connectivity index (χ0v) is 11.7. The minimum Gasteiger partial charge on any atom is -0.504 e. The highest BCUT2D eigenvalue weighted by Gasteiger charge is 2.30. The molecule has 18 heavy (non-hydrogen) atoms. The highest BCUT2D eigenvalue weighted by Crippen LogP contribution is 2.45. The van der Waals surface area contributed by atoms with Gasteiger partial charge in [-0.2, -0.15) is 0 Å². The molecule has 0 heterocycles. The number of benzene rings is 1. The third kappa shape index (κ3) is 2.63. The summed E-state index contributed by atoms with van der Waals surface area (Å²) in [7, 11) is 1.61. The number of phenolic OH excluding ortho intramolecular Hbond substituents is 1. The number of rotatable bonds is 3. The third-order valence-corrected chi connectivity index (χ3v) is 4.72. The fourth-order valence-corrected chi connectivity index (χ4v) is 2.95. The molecule has 0 aromatic heterocycles. The van der Waals surface area contributed by atoms with Crippen molar-refractivity contribution in [3.63, 3.8) is 0 Å². The molecule has 0 unspecified atom stereocenters. The van der Waals surface area contributed by atoms with Crippen molar-refractivity contribution >= 4 is 0 Å². The quantitative estimate of drug-likeness (QED) is 0.855. The summed E-state index contributed by atoms with van der Waals surface area (Å²) in [5.41, 5.74) is 1.85. The fraction of sp³-hybridized carbons (Fsp3) is 0.625. The van der Waals surface area contributed by atoms with E-state index in [1.54, 1.807) is 13.2 Å². The summed E-state index contributed by atoms with van der Waals surface area (Å²) in [5, 5.41) is 9.63. The fourth-order valence-electron chi connectivity index (χ4n) is 2.95. The van der Waals surface area contributed by atoms with Gasteiger partial charge in [-0.3, -0.25) is 0 Å². The zero-order valence-electron chi connectivity index (χ0n) is 11.7. The van der Waals surface area contributed by atoms with Crippen molar-refractivity contribution in [1.82, 2.24) is 0 Å². The van der Waals surface area contributed by atoms with Crippen LogP contribution in [0.1, 0.15) is 57.4 Å². The van der Waals surface area contributed by atoms with Crippen molar-refractivity contribution in [1.29, 1.82) is 0 Å². The average Bonchev–Trinajstić information content (AvgIpc) is 2.40. The largest absolute Gasteiger partial charge is 0.504 e. The Morgan fingerprint density at radius 1 is 1.33 bits per heavy atom. The normalized spacial score (nSPS) is 28.1. The number of methoxy groups -OCH3 is 1. The van der Waals surface area contributed by atoms with E-state index in [0.29, 0.717) is 17.1 Å². The number of aromatic hydroxyl groups is 1. The molecule has 0 bridgehead atoms. The van der Waals surface area contributed by atoms with Gasteiger partial charge in [0.15, 0.2) is 11.5 Å². The minimum atomic E-state index is 0.232. The van der Waals surface area contributed by atoms with Crippen LogP contribution < -0.4 is 4.74 Å². The summed E-state index contributed by atoms with van der Waals surface area (Å²) in [6, 6.07) is 5.79. The van der Waals surface area contributed by atoms with E-state index in [1.165, 1.54) is 37.7 Å². The van der Waals surface area contributed by atoms with Crippen LogP contribution in [0.25, 0.3) is 0 Å². The summed E-state index contributed by atoms with van der Waals surface area (Å²) in [4.78, 5) is 0. The Morgan fingerprint density at radius 2 is 2.00 bits per heavy atom. The van der Waals surface area contributed by atoms with Gasteiger partial charge in [0.1, 0.15) is 0 Å². The van der Waals surface area contributed by atoms with Crippen LogP contribution in [0.3, 0.4) is 0 Å². The molecule has 1 N–H and O–H groups in total. The lowest BCUT2D eigenvalue weighted by atomic mass is 9.69. The Balaban J connectivity index is 2.10. The van der Waals surface area contributed by atoms with Crippen molar-refractivity contribution in [3.05, 3.63) is 23.8 Å². The molecule has 1 aromatic carbocycles. The van der Waals surface area contributed by atoms with Crippen molar-refractivity contribution < 1.29 is 9.84 Å². The van der Waals surface area contributed by atoms with Gasteiger partial charge in [-0.25, -0.2) is 0 Å². The summed E-state index contributed by atoms with van der Waals surface area (Å²) in [5.74, 6) is 1.45. The van der Waals surface area contributed by atoms with Gasteiger partial charge in [-0.1, -0.05) is 26.3 Å². The van der Waals surface area contributed by atoms with E-state index in [4.69, 9.17) is 4.74 Å². The van der Waals surface area contributed by atoms with E-state index < -0.39 is 0 Å². The van der Waals surface area contributed by atoms with E-state index in [2.05, 4.69) is 13.8 Å². The SMILES string of the molecule is CCC1(C)CCC(c2ccc(O)c(OC)c2)CC1. The Bertz CT molecular complexity index is 404. The lowest BCUT2D eigenvalue weighted by Crippen LogP contribution is -2.22. The molecule has 0 atom stereocenters. The first kappa shape index (κ1) is 13.3. The molecule has 0 aliphatic heterocycles. The molecule has 0 spiro atoms. The molecule has 1 aliphatic rings. The maximum absolute atomic E-state index is 9.63. The van der Waals surface area contributed by atoms with E-state index in [0.717, 1.165) is 0 Å². The first-order valence-corrected chi connectivity index (χ1v) is 6.95. The van der Waals surface area contributed by atoms with Gasteiger partial charge in [0.05, 0.1) is 7.11 Å². The number of hydrogen-bond donors (Lipinski definition) is 1. The zero-order chi connectivity index (χ0) is 13.2. The second kappa shape index (κ2) is 5.21. The Labute approximate surface area is 110 Å². The maximum atomic E-state index is 9.63. The molecular formula is C16H24O2. The van der Waals surface area contributed by atoms with Crippen molar-refractivity contribution in [2.24, 2.45) is 5.41 Å². The molecule has 2 rings (SSSR count). The smallest absolute Gasteiger partial charge is 0.160 e. The second-order valence-electron chi connectivity index (χ2n) is 5.87. The first-order valence-electron chi connectivity index (χ1n) is 6.95. The lowest BCUT2D eigenvalue weighted by Gasteiger charge is -2.37. The molecule has 1 fully saturated rings. The van der Waals surface area contributed by atoms with Crippen LogP contribution in [0, 0.1) is 5.41 Å². The minimum absolute atomic E-state index is 0.232. The van der Waals surface area contributed by atoms with Gasteiger partial charge in [0.2, 0.25) is 0 Å². The van der Waals surface area contributed by atoms with Crippen LogP contribution in [0.15, 0.2) is 18.2 Å². The summed E-state index contributed by atoms with van der Waals surface area (Å²) in [6.45, 7) is 4.70. The van der Waals surface area contributed by atoms with Gasteiger partial charge in [-0.05, 0) is 54.7 Å².